The predicted molar refractivity (Wildman–Crippen MR) is 114 cm³/mol. The number of ether oxygens (including phenoxy) is 1. The molecule has 0 radical (unpaired) electrons. The van der Waals surface area contributed by atoms with Crippen LogP contribution in [0, 0.1) is 5.92 Å². The van der Waals surface area contributed by atoms with Gasteiger partial charge in [0, 0.05) is 24.7 Å². The fourth-order valence-corrected chi connectivity index (χ4v) is 4.23. The summed E-state index contributed by atoms with van der Waals surface area (Å²) in [7, 11) is 0. The lowest BCUT2D eigenvalue weighted by Gasteiger charge is -2.29. The van der Waals surface area contributed by atoms with Gasteiger partial charge in [0.15, 0.2) is 0 Å². The average molecular weight is 422 g/mol. The molecular weight excluding hydrogens is 390 g/mol. The third-order valence-corrected chi connectivity index (χ3v) is 5.73. The summed E-state index contributed by atoms with van der Waals surface area (Å²) >= 11 is 6.20. The zero-order valence-corrected chi connectivity index (χ0v) is 18.4. The standard InChI is InChI=1S/C22H32ClN3O3/c1-22(2,3)29-21(28)26-12-9-17(15-26)20(27)24-14-19(25-10-4-5-11-25)16-7-6-8-18(23)13-16/h6-8,13,17,19H,4-5,9-12,14-15H2,1-3H3,(H,24,27). The van der Waals surface area contributed by atoms with Crippen molar-refractivity contribution in [3.8, 4) is 0 Å². The molecule has 2 aliphatic heterocycles. The van der Waals surface area contributed by atoms with Gasteiger partial charge in [-0.1, -0.05) is 23.7 Å². The van der Waals surface area contributed by atoms with Gasteiger partial charge in [0.05, 0.1) is 12.0 Å². The summed E-state index contributed by atoms with van der Waals surface area (Å²) in [4.78, 5) is 29.1. The smallest absolute Gasteiger partial charge is 0.410 e. The Morgan fingerprint density at radius 3 is 2.62 bits per heavy atom. The van der Waals surface area contributed by atoms with Gasteiger partial charge in [-0.15, -0.1) is 0 Å². The number of nitrogens with zero attached hydrogens (tertiary/aromatic N) is 2. The highest BCUT2D eigenvalue weighted by Gasteiger charge is 2.34. The van der Waals surface area contributed by atoms with Crippen LogP contribution in [0.1, 0.15) is 51.6 Å². The second kappa shape index (κ2) is 9.35. The topological polar surface area (TPSA) is 61.9 Å². The Hall–Kier alpha value is -1.79. The Bertz CT molecular complexity index is 728. The number of benzene rings is 1. The monoisotopic (exact) mass is 421 g/mol. The predicted octanol–water partition coefficient (Wildman–Crippen LogP) is 3.85. The lowest BCUT2D eigenvalue weighted by atomic mass is 10.0. The van der Waals surface area contributed by atoms with Gasteiger partial charge in [0.25, 0.3) is 0 Å². The fourth-order valence-electron chi connectivity index (χ4n) is 4.03. The normalized spacial score (nSPS) is 21.2. The molecule has 7 heteroatoms. The van der Waals surface area contributed by atoms with Crippen LogP contribution in [0.5, 0.6) is 0 Å². The van der Waals surface area contributed by atoms with E-state index in [-0.39, 0.29) is 24.0 Å². The lowest BCUT2D eigenvalue weighted by molar-refractivity contribution is -0.124. The van der Waals surface area contributed by atoms with E-state index in [2.05, 4.69) is 16.3 Å². The van der Waals surface area contributed by atoms with E-state index in [1.54, 1.807) is 4.90 Å². The molecule has 1 aromatic carbocycles. The van der Waals surface area contributed by atoms with Crippen molar-refractivity contribution < 1.29 is 14.3 Å². The first-order chi connectivity index (χ1) is 13.7. The van der Waals surface area contributed by atoms with E-state index in [9.17, 15) is 9.59 Å². The molecule has 2 heterocycles. The summed E-state index contributed by atoms with van der Waals surface area (Å²) in [6.07, 6.45) is 2.68. The van der Waals surface area contributed by atoms with Crippen molar-refractivity contribution in [2.75, 3.05) is 32.7 Å². The molecule has 2 amide bonds. The van der Waals surface area contributed by atoms with Crippen LogP contribution in [0.15, 0.2) is 24.3 Å². The minimum atomic E-state index is -0.530. The number of hydrogen-bond acceptors (Lipinski definition) is 4. The molecule has 1 N–H and O–H groups in total. The third-order valence-electron chi connectivity index (χ3n) is 5.50. The highest BCUT2D eigenvalue weighted by molar-refractivity contribution is 6.30. The molecule has 160 valence electrons. The molecule has 2 fully saturated rings. The number of halogens is 1. The number of rotatable bonds is 5. The zero-order chi connectivity index (χ0) is 21.0. The average Bonchev–Trinajstić information content (AvgIpc) is 3.33. The van der Waals surface area contributed by atoms with E-state index in [1.807, 2.05) is 39.0 Å². The number of nitrogens with one attached hydrogen (secondary N) is 1. The van der Waals surface area contributed by atoms with E-state index in [0.717, 1.165) is 18.7 Å². The van der Waals surface area contributed by atoms with Crippen molar-refractivity contribution in [2.24, 2.45) is 5.92 Å². The molecule has 0 saturated carbocycles. The molecule has 2 unspecified atom stereocenters. The number of amides is 2. The highest BCUT2D eigenvalue weighted by atomic mass is 35.5. The van der Waals surface area contributed by atoms with E-state index in [0.29, 0.717) is 31.1 Å². The molecule has 2 saturated heterocycles. The summed E-state index contributed by atoms with van der Waals surface area (Å²) in [6, 6.07) is 7.99. The van der Waals surface area contributed by atoms with Gasteiger partial charge in [-0.3, -0.25) is 9.69 Å². The molecule has 2 aliphatic rings. The Labute approximate surface area is 178 Å². The quantitative estimate of drug-likeness (QED) is 0.784. The number of hydrogen-bond donors (Lipinski definition) is 1. The summed E-state index contributed by atoms with van der Waals surface area (Å²) in [5, 5.41) is 3.83. The van der Waals surface area contributed by atoms with Crippen LogP contribution in [0.3, 0.4) is 0 Å². The maximum Gasteiger partial charge on any atom is 0.410 e. The highest BCUT2D eigenvalue weighted by Crippen LogP contribution is 2.27. The summed E-state index contributed by atoms with van der Waals surface area (Å²) in [6.45, 7) is 9.11. The molecule has 0 bridgehead atoms. The van der Waals surface area contributed by atoms with Gasteiger partial charge in [-0.05, 0) is 70.8 Å². The second-order valence-electron chi connectivity index (χ2n) is 8.97. The Morgan fingerprint density at radius 2 is 1.97 bits per heavy atom. The molecule has 3 rings (SSSR count). The van der Waals surface area contributed by atoms with Crippen LogP contribution in [0.4, 0.5) is 4.79 Å². The summed E-state index contributed by atoms with van der Waals surface area (Å²) in [5.41, 5.74) is 0.596. The van der Waals surface area contributed by atoms with Crippen LogP contribution in [0.25, 0.3) is 0 Å². The van der Waals surface area contributed by atoms with Crippen molar-refractivity contribution >= 4 is 23.6 Å². The minimum absolute atomic E-state index is 0.00211. The van der Waals surface area contributed by atoms with E-state index in [4.69, 9.17) is 16.3 Å². The fraction of sp³-hybridized carbons (Fsp3) is 0.636. The molecule has 1 aromatic rings. The Morgan fingerprint density at radius 1 is 1.24 bits per heavy atom. The van der Waals surface area contributed by atoms with E-state index in [1.165, 1.54) is 12.8 Å². The van der Waals surface area contributed by atoms with E-state index >= 15 is 0 Å². The van der Waals surface area contributed by atoms with Gasteiger partial charge in [0.2, 0.25) is 5.91 Å². The first kappa shape index (κ1) is 21.9. The van der Waals surface area contributed by atoms with Gasteiger partial charge in [-0.2, -0.15) is 0 Å². The summed E-state index contributed by atoms with van der Waals surface area (Å²) in [5.74, 6) is -0.191. The van der Waals surface area contributed by atoms with Crippen molar-refractivity contribution in [3.63, 3.8) is 0 Å². The minimum Gasteiger partial charge on any atom is -0.444 e. The lowest BCUT2D eigenvalue weighted by Crippen LogP contribution is -2.40. The van der Waals surface area contributed by atoms with Gasteiger partial charge in [-0.25, -0.2) is 4.79 Å². The molecule has 29 heavy (non-hydrogen) atoms. The van der Waals surface area contributed by atoms with Crippen molar-refractivity contribution in [3.05, 3.63) is 34.9 Å². The molecule has 6 nitrogen and oxygen atoms in total. The van der Waals surface area contributed by atoms with E-state index < -0.39 is 5.60 Å². The first-order valence-corrected chi connectivity index (χ1v) is 10.9. The molecule has 0 spiro atoms. The van der Waals surface area contributed by atoms with Crippen molar-refractivity contribution in [1.29, 1.82) is 0 Å². The maximum atomic E-state index is 12.8. The maximum absolute atomic E-state index is 12.8. The first-order valence-electron chi connectivity index (χ1n) is 10.5. The van der Waals surface area contributed by atoms with Gasteiger partial charge >= 0.3 is 6.09 Å². The SMILES string of the molecule is CC(C)(C)OC(=O)N1CCC(C(=O)NCC(c2cccc(Cl)c2)N2CCCC2)C1. The van der Waals surface area contributed by atoms with Crippen LogP contribution in [0.2, 0.25) is 5.02 Å². The van der Waals surface area contributed by atoms with Crippen LogP contribution in [-0.2, 0) is 9.53 Å². The van der Waals surface area contributed by atoms with Gasteiger partial charge < -0.3 is 15.0 Å². The number of likely N-dealkylation sites (tertiary alicyclic amines) is 2. The van der Waals surface area contributed by atoms with Gasteiger partial charge in [0.1, 0.15) is 5.60 Å². The zero-order valence-electron chi connectivity index (χ0n) is 17.6. The Balaban J connectivity index is 1.57. The number of carbonyl (C=O) groups is 2. The third kappa shape index (κ3) is 6.09. The van der Waals surface area contributed by atoms with Crippen molar-refractivity contribution in [2.45, 2.75) is 51.7 Å². The molecule has 2 atom stereocenters. The van der Waals surface area contributed by atoms with Crippen LogP contribution >= 0.6 is 11.6 Å². The second-order valence-corrected chi connectivity index (χ2v) is 9.41. The van der Waals surface area contributed by atoms with Crippen LogP contribution in [-0.4, -0.2) is 60.1 Å². The largest absolute Gasteiger partial charge is 0.444 e. The Kier molecular flexibility index (Phi) is 7.06. The summed E-state index contributed by atoms with van der Waals surface area (Å²) < 4.78 is 5.42. The molecular formula is C22H32ClN3O3. The molecule has 0 aromatic heterocycles. The van der Waals surface area contributed by atoms with Crippen molar-refractivity contribution in [1.82, 2.24) is 15.1 Å². The molecule has 0 aliphatic carbocycles. The number of carbonyl (C=O) groups excluding carboxylic acids is 2. The van der Waals surface area contributed by atoms with Crippen LogP contribution < -0.4 is 5.32 Å².